The maximum atomic E-state index is 12.8. The average molecular weight is 406 g/mol. The van der Waals surface area contributed by atoms with Gasteiger partial charge in [0.05, 0.1) is 19.1 Å². The summed E-state index contributed by atoms with van der Waals surface area (Å²) in [5.41, 5.74) is 2.02. The number of hydrogen-bond acceptors (Lipinski definition) is 7. The van der Waals surface area contributed by atoms with E-state index in [1.54, 1.807) is 40.2 Å². The van der Waals surface area contributed by atoms with Crippen LogP contribution in [0.4, 0.5) is 5.13 Å². The number of nitrogens with zero attached hydrogens (tertiary/aromatic N) is 2. The minimum atomic E-state index is -3.80. The fourth-order valence-corrected chi connectivity index (χ4v) is 5.17. The molecule has 0 unspecified atom stereocenters. The van der Waals surface area contributed by atoms with Gasteiger partial charge in [0.1, 0.15) is 16.5 Å². The number of ether oxygens (including phenoxy) is 2. The zero-order valence-corrected chi connectivity index (χ0v) is 16.9. The van der Waals surface area contributed by atoms with Gasteiger partial charge in [-0.05, 0) is 61.4 Å². The third kappa shape index (κ3) is 4.04. The van der Waals surface area contributed by atoms with Crippen molar-refractivity contribution in [3.63, 3.8) is 0 Å². The molecule has 1 aromatic heterocycles. The van der Waals surface area contributed by atoms with E-state index >= 15 is 0 Å². The van der Waals surface area contributed by atoms with Crippen molar-refractivity contribution in [2.75, 3.05) is 18.9 Å². The topological polar surface area (TPSA) is 90.4 Å². The molecule has 0 aliphatic carbocycles. The molecule has 2 aromatic carbocycles. The molecule has 0 atom stereocenters. The summed E-state index contributed by atoms with van der Waals surface area (Å²) in [5, 5.41) is 8.85. The number of rotatable bonds is 6. The van der Waals surface area contributed by atoms with Crippen LogP contribution in [0.1, 0.15) is 11.1 Å². The highest BCUT2D eigenvalue weighted by Gasteiger charge is 2.22. The molecule has 3 aromatic rings. The Morgan fingerprint density at radius 3 is 2.07 bits per heavy atom. The molecular formula is C18H19N3O4S2. The Morgan fingerprint density at radius 1 is 0.926 bits per heavy atom. The highest BCUT2D eigenvalue weighted by Crippen LogP contribution is 2.31. The normalized spacial score (nSPS) is 11.3. The predicted molar refractivity (Wildman–Crippen MR) is 105 cm³/mol. The first-order valence-electron chi connectivity index (χ1n) is 8.00. The van der Waals surface area contributed by atoms with E-state index < -0.39 is 10.0 Å². The van der Waals surface area contributed by atoms with Gasteiger partial charge < -0.3 is 9.47 Å². The van der Waals surface area contributed by atoms with Gasteiger partial charge >= 0.3 is 0 Å². The molecule has 1 N–H and O–H groups in total. The summed E-state index contributed by atoms with van der Waals surface area (Å²) in [5.74, 6) is 1.34. The number of hydrogen-bond donors (Lipinski definition) is 1. The van der Waals surface area contributed by atoms with Crippen LogP contribution in [-0.4, -0.2) is 32.8 Å². The molecular weight excluding hydrogens is 386 g/mol. The van der Waals surface area contributed by atoms with E-state index in [1.165, 1.54) is 0 Å². The largest absolute Gasteiger partial charge is 0.497 e. The Hall–Kier alpha value is -2.65. The van der Waals surface area contributed by atoms with Gasteiger partial charge in [-0.3, -0.25) is 4.72 Å². The summed E-state index contributed by atoms with van der Waals surface area (Å²) in [6.07, 6.45) is 0. The van der Waals surface area contributed by atoms with Crippen molar-refractivity contribution in [1.29, 1.82) is 0 Å². The fourth-order valence-electron chi connectivity index (χ4n) is 2.73. The Labute approximate surface area is 162 Å². The van der Waals surface area contributed by atoms with Gasteiger partial charge in [0.15, 0.2) is 0 Å². The van der Waals surface area contributed by atoms with Gasteiger partial charge in [0, 0.05) is 5.56 Å². The molecule has 0 radical (unpaired) electrons. The van der Waals surface area contributed by atoms with E-state index in [0.717, 1.165) is 22.6 Å². The van der Waals surface area contributed by atoms with Crippen molar-refractivity contribution in [3.05, 3.63) is 47.5 Å². The summed E-state index contributed by atoms with van der Waals surface area (Å²) in [7, 11) is -0.659. The quantitative estimate of drug-likeness (QED) is 0.673. The van der Waals surface area contributed by atoms with Crippen molar-refractivity contribution < 1.29 is 17.9 Å². The molecule has 0 spiro atoms. The van der Waals surface area contributed by atoms with Crippen LogP contribution >= 0.6 is 11.3 Å². The zero-order chi connectivity index (χ0) is 19.6. The third-order valence-corrected chi connectivity index (χ3v) is 6.58. The second kappa shape index (κ2) is 7.53. The van der Waals surface area contributed by atoms with Gasteiger partial charge in [-0.1, -0.05) is 11.3 Å². The molecule has 1 heterocycles. The highest BCUT2D eigenvalue weighted by atomic mass is 32.2. The number of sulfonamides is 1. The molecule has 0 saturated heterocycles. The first-order valence-corrected chi connectivity index (χ1v) is 10.3. The smallest absolute Gasteiger partial charge is 0.264 e. The van der Waals surface area contributed by atoms with Gasteiger partial charge in [-0.15, -0.1) is 10.2 Å². The number of benzene rings is 2. The average Bonchev–Trinajstić information content (AvgIpc) is 3.08. The number of aromatic nitrogens is 2. The van der Waals surface area contributed by atoms with Crippen LogP contribution in [0.25, 0.3) is 10.6 Å². The van der Waals surface area contributed by atoms with Crippen molar-refractivity contribution in [1.82, 2.24) is 10.2 Å². The lowest BCUT2D eigenvalue weighted by atomic mass is 10.1. The SMILES string of the molecule is COc1ccc(-c2nnc(NS(=O)(=O)c3c(C)cc(OC)cc3C)s2)cc1. The monoisotopic (exact) mass is 405 g/mol. The first-order chi connectivity index (χ1) is 12.8. The molecule has 0 aliphatic heterocycles. The maximum Gasteiger partial charge on any atom is 0.264 e. The molecule has 27 heavy (non-hydrogen) atoms. The Kier molecular flexibility index (Phi) is 5.33. The van der Waals surface area contributed by atoms with Crippen molar-refractivity contribution in [2.24, 2.45) is 0 Å². The Morgan fingerprint density at radius 2 is 1.52 bits per heavy atom. The van der Waals surface area contributed by atoms with Crippen molar-refractivity contribution >= 4 is 26.5 Å². The lowest BCUT2D eigenvalue weighted by Gasteiger charge is -2.12. The molecule has 9 heteroatoms. The van der Waals surface area contributed by atoms with Crippen LogP contribution < -0.4 is 14.2 Å². The number of anilines is 1. The molecule has 3 rings (SSSR count). The lowest BCUT2D eigenvalue weighted by Crippen LogP contribution is -2.15. The van der Waals surface area contributed by atoms with Crippen LogP contribution in [0.3, 0.4) is 0 Å². The second-order valence-electron chi connectivity index (χ2n) is 5.84. The van der Waals surface area contributed by atoms with Crippen LogP contribution in [-0.2, 0) is 10.0 Å². The van der Waals surface area contributed by atoms with Crippen molar-refractivity contribution in [3.8, 4) is 22.1 Å². The fraction of sp³-hybridized carbons (Fsp3) is 0.222. The zero-order valence-electron chi connectivity index (χ0n) is 15.3. The Bertz CT molecular complexity index is 1040. The number of methoxy groups -OCH3 is 2. The summed E-state index contributed by atoms with van der Waals surface area (Å²) in [6.45, 7) is 3.46. The van der Waals surface area contributed by atoms with E-state index in [4.69, 9.17) is 9.47 Å². The van der Waals surface area contributed by atoms with Crippen LogP contribution in [0.2, 0.25) is 0 Å². The van der Waals surface area contributed by atoms with Crippen LogP contribution in [0.5, 0.6) is 11.5 Å². The molecule has 0 amide bonds. The molecule has 142 valence electrons. The number of aryl methyl sites for hydroxylation is 2. The third-order valence-electron chi connectivity index (χ3n) is 3.92. The van der Waals surface area contributed by atoms with Crippen molar-refractivity contribution in [2.45, 2.75) is 18.7 Å². The van der Waals surface area contributed by atoms with Gasteiger partial charge in [0.2, 0.25) is 5.13 Å². The molecule has 0 saturated carbocycles. The van der Waals surface area contributed by atoms with Crippen LogP contribution in [0.15, 0.2) is 41.3 Å². The molecule has 0 fully saturated rings. The minimum Gasteiger partial charge on any atom is -0.497 e. The van der Waals surface area contributed by atoms with Gasteiger partial charge in [0.25, 0.3) is 10.0 Å². The maximum absolute atomic E-state index is 12.8. The second-order valence-corrected chi connectivity index (χ2v) is 8.43. The summed E-state index contributed by atoms with van der Waals surface area (Å²) in [4.78, 5) is 0.212. The number of nitrogens with one attached hydrogen (secondary N) is 1. The standard InChI is InChI=1S/C18H19N3O4S2/c1-11-9-15(25-4)10-12(2)16(11)27(22,23)21-18-20-19-17(26-18)13-5-7-14(24-3)8-6-13/h5-10H,1-4H3,(H,20,21). The van der Waals surface area contributed by atoms with E-state index in [9.17, 15) is 8.42 Å². The Balaban J connectivity index is 1.88. The summed E-state index contributed by atoms with van der Waals surface area (Å²) >= 11 is 1.16. The summed E-state index contributed by atoms with van der Waals surface area (Å²) in [6, 6.07) is 10.7. The van der Waals surface area contributed by atoms with Crippen LogP contribution in [0, 0.1) is 13.8 Å². The van der Waals surface area contributed by atoms with Gasteiger partial charge in [-0.25, -0.2) is 8.42 Å². The van der Waals surface area contributed by atoms with E-state index in [0.29, 0.717) is 21.9 Å². The lowest BCUT2D eigenvalue weighted by molar-refractivity contribution is 0.413. The van der Waals surface area contributed by atoms with E-state index in [1.807, 2.05) is 24.3 Å². The summed E-state index contributed by atoms with van der Waals surface area (Å²) < 4.78 is 38.5. The highest BCUT2D eigenvalue weighted by molar-refractivity contribution is 7.93. The molecule has 0 bridgehead atoms. The van der Waals surface area contributed by atoms with Gasteiger partial charge in [-0.2, -0.15) is 0 Å². The minimum absolute atomic E-state index is 0.204. The van der Waals surface area contributed by atoms with E-state index in [-0.39, 0.29) is 10.0 Å². The molecule has 7 nitrogen and oxygen atoms in total. The first kappa shape index (κ1) is 19.1. The molecule has 0 aliphatic rings. The predicted octanol–water partition coefficient (Wildman–Crippen LogP) is 3.64. The van der Waals surface area contributed by atoms with E-state index in [2.05, 4.69) is 14.9 Å².